The van der Waals surface area contributed by atoms with Gasteiger partial charge in [0.05, 0.1) is 10.6 Å². The number of hydrogen-bond acceptors (Lipinski definition) is 4. The van der Waals surface area contributed by atoms with Crippen molar-refractivity contribution in [2.45, 2.75) is 13.5 Å². The lowest BCUT2D eigenvalue weighted by molar-refractivity contribution is -0.384. The lowest BCUT2D eigenvalue weighted by Gasteiger charge is -2.08. The summed E-state index contributed by atoms with van der Waals surface area (Å²) in [6.07, 6.45) is 1.68. The first-order valence-corrected chi connectivity index (χ1v) is 6.03. The fourth-order valence-corrected chi connectivity index (χ4v) is 1.82. The second-order valence-electron chi connectivity index (χ2n) is 4.13. The van der Waals surface area contributed by atoms with Crippen molar-refractivity contribution in [2.24, 2.45) is 0 Å². The number of anilines is 1. The van der Waals surface area contributed by atoms with E-state index in [9.17, 15) is 10.1 Å². The molecule has 1 aromatic heterocycles. The Morgan fingerprint density at radius 3 is 2.95 bits per heavy atom. The molecule has 6 heteroatoms. The SMILES string of the molecule is Cc1cnc(Cl)c(NCc2cccc([N+](=O)[O-])c2)c1. The van der Waals surface area contributed by atoms with Crippen LogP contribution in [-0.2, 0) is 6.54 Å². The highest BCUT2D eigenvalue weighted by molar-refractivity contribution is 6.31. The fourth-order valence-electron chi connectivity index (χ4n) is 1.65. The van der Waals surface area contributed by atoms with Gasteiger partial charge in [0.25, 0.3) is 5.69 Å². The number of rotatable bonds is 4. The Hall–Kier alpha value is -2.14. The van der Waals surface area contributed by atoms with Gasteiger partial charge in [0.2, 0.25) is 0 Å². The summed E-state index contributed by atoms with van der Waals surface area (Å²) in [7, 11) is 0. The van der Waals surface area contributed by atoms with Crippen molar-refractivity contribution in [1.29, 1.82) is 0 Å². The third kappa shape index (κ3) is 3.42. The lowest BCUT2D eigenvalue weighted by Crippen LogP contribution is -2.01. The van der Waals surface area contributed by atoms with E-state index in [2.05, 4.69) is 10.3 Å². The monoisotopic (exact) mass is 277 g/mol. The molecule has 0 saturated heterocycles. The number of non-ortho nitro benzene ring substituents is 1. The fraction of sp³-hybridized carbons (Fsp3) is 0.154. The Morgan fingerprint density at radius 1 is 1.42 bits per heavy atom. The van der Waals surface area contributed by atoms with Crippen molar-refractivity contribution in [2.75, 3.05) is 5.32 Å². The Morgan fingerprint density at radius 2 is 2.21 bits per heavy atom. The maximum absolute atomic E-state index is 10.7. The number of hydrogen-bond donors (Lipinski definition) is 1. The normalized spacial score (nSPS) is 10.2. The van der Waals surface area contributed by atoms with Crippen LogP contribution in [-0.4, -0.2) is 9.91 Å². The van der Waals surface area contributed by atoms with Crippen molar-refractivity contribution in [3.8, 4) is 0 Å². The van der Waals surface area contributed by atoms with Crippen LogP contribution in [0, 0.1) is 17.0 Å². The highest BCUT2D eigenvalue weighted by Crippen LogP contribution is 2.21. The zero-order valence-electron chi connectivity index (χ0n) is 10.3. The molecule has 2 rings (SSSR count). The summed E-state index contributed by atoms with van der Waals surface area (Å²) in [6, 6.07) is 8.35. The predicted molar refractivity (Wildman–Crippen MR) is 74.4 cm³/mol. The van der Waals surface area contributed by atoms with E-state index in [-0.39, 0.29) is 5.69 Å². The van der Waals surface area contributed by atoms with Crippen LogP contribution in [0.5, 0.6) is 0 Å². The van der Waals surface area contributed by atoms with Crippen LogP contribution in [0.2, 0.25) is 5.15 Å². The van der Waals surface area contributed by atoms with Gasteiger partial charge in [-0.25, -0.2) is 4.98 Å². The molecule has 0 fully saturated rings. The molecule has 1 heterocycles. The molecule has 0 aliphatic heterocycles. The van der Waals surface area contributed by atoms with Gasteiger partial charge in [0, 0.05) is 24.9 Å². The molecule has 1 N–H and O–H groups in total. The summed E-state index contributed by atoms with van der Waals surface area (Å²) in [4.78, 5) is 14.3. The average Bonchev–Trinajstić information content (AvgIpc) is 2.40. The molecule has 5 nitrogen and oxygen atoms in total. The van der Waals surface area contributed by atoms with Crippen molar-refractivity contribution in [3.63, 3.8) is 0 Å². The number of aryl methyl sites for hydroxylation is 1. The quantitative estimate of drug-likeness (QED) is 0.527. The molecule has 0 amide bonds. The van der Waals surface area contributed by atoms with Gasteiger partial charge in [-0.1, -0.05) is 23.7 Å². The molecule has 0 radical (unpaired) electrons. The van der Waals surface area contributed by atoms with E-state index < -0.39 is 4.92 Å². The van der Waals surface area contributed by atoms with Crippen LogP contribution < -0.4 is 5.32 Å². The molecule has 0 saturated carbocycles. The average molecular weight is 278 g/mol. The number of nitro benzene ring substituents is 1. The summed E-state index contributed by atoms with van der Waals surface area (Å²) >= 11 is 5.96. The van der Waals surface area contributed by atoms with Crippen molar-refractivity contribution in [3.05, 3.63) is 62.9 Å². The highest BCUT2D eigenvalue weighted by Gasteiger charge is 2.06. The van der Waals surface area contributed by atoms with E-state index in [1.165, 1.54) is 12.1 Å². The highest BCUT2D eigenvalue weighted by atomic mass is 35.5. The zero-order chi connectivity index (χ0) is 13.8. The van der Waals surface area contributed by atoms with Crippen molar-refractivity contribution < 1.29 is 4.92 Å². The first kappa shape index (κ1) is 13.3. The molecule has 1 aromatic carbocycles. The van der Waals surface area contributed by atoms with Crippen LogP contribution in [0.3, 0.4) is 0 Å². The Labute approximate surface area is 115 Å². The smallest absolute Gasteiger partial charge is 0.269 e. The maximum atomic E-state index is 10.7. The summed E-state index contributed by atoms with van der Waals surface area (Å²) in [5.41, 5.74) is 2.60. The largest absolute Gasteiger partial charge is 0.378 e. The van der Waals surface area contributed by atoms with E-state index >= 15 is 0 Å². The number of nitrogens with one attached hydrogen (secondary N) is 1. The minimum Gasteiger partial charge on any atom is -0.378 e. The van der Waals surface area contributed by atoms with E-state index in [4.69, 9.17) is 11.6 Å². The molecule has 0 aliphatic carbocycles. The second kappa shape index (κ2) is 5.67. The molecule has 0 unspecified atom stereocenters. The van der Waals surface area contributed by atoms with Gasteiger partial charge < -0.3 is 5.32 Å². The standard InChI is InChI=1S/C13H12ClN3O2/c1-9-5-12(13(14)16-7-9)15-8-10-3-2-4-11(6-10)17(18)19/h2-7,15H,8H2,1H3. The molecule has 0 aliphatic rings. The lowest BCUT2D eigenvalue weighted by atomic mass is 10.2. The number of pyridine rings is 1. The predicted octanol–water partition coefficient (Wildman–Crippen LogP) is 3.56. The second-order valence-corrected chi connectivity index (χ2v) is 4.49. The Kier molecular flexibility index (Phi) is 3.97. The number of halogens is 1. The van der Waals surface area contributed by atoms with Gasteiger partial charge in [-0.3, -0.25) is 10.1 Å². The number of benzene rings is 1. The first-order valence-electron chi connectivity index (χ1n) is 5.65. The summed E-state index contributed by atoms with van der Waals surface area (Å²) in [5.74, 6) is 0. The Bertz CT molecular complexity index is 617. The maximum Gasteiger partial charge on any atom is 0.269 e. The van der Waals surface area contributed by atoms with Gasteiger partial charge in [-0.05, 0) is 24.1 Å². The molecule has 19 heavy (non-hydrogen) atoms. The van der Waals surface area contributed by atoms with Crippen molar-refractivity contribution >= 4 is 23.0 Å². The Balaban J connectivity index is 2.12. The zero-order valence-corrected chi connectivity index (χ0v) is 11.0. The third-order valence-electron chi connectivity index (χ3n) is 2.58. The van der Waals surface area contributed by atoms with E-state index in [0.717, 1.165) is 11.1 Å². The van der Waals surface area contributed by atoms with Gasteiger partial charge in [0.1, 0.15) is 0 Å². The number of aromatic nitrogens is 1. The van der Waals surface area contributed by atoms with Crippen molar-refractivity contribution in [1.82, 2.24) is 4.98 Å². The molecule has 2 aromatic rings. The summed E-state index contributed by atoms with van der Waals surface area (Å²) in [6.45, 7) is 2.37. The minimum absolute atomic E-state index is 0.0766. The summed E-state index contributed by atoms with van der Waals surface area (Å²) in [5, 5.41) is 14.2. The van der Waals surface area contributed by atoms with Gasteiger partial charge in [-0.2, -0.15) is 0 Å². The summed E-state index contributed by atoms with van der Waals surface area (Å²) < 4.78 is 0. The van der Waals surface area contributed by atoms with Gasteiger partial charge in [-0.15, -0.1) is 0 Å². The molecular formula is C13H12ClN3O2. The van der Waals surface area contributed by atoms with Crippen LogP contribution in [0.25, 0.3) is 0 Å². The molecule has 0 spiro atoms. The van der Waals surface area contributed by atoms with E-state index in [1.807, 2.05) is 19.1 Å². The van der Waals surface area contributed by atoms with E-state index in [0.29, 0.717) is 17.4 Å². The molecule has 0 bridgehead atoms. The van der Waals surface area contributed by atoms with Gasteiger partial charge in [0.15, 0.2) is 5.15 Å². The topological polar surface area (TPSA) is 68.1 Å². The van der Waals surface area contributed by atoms with Crippen LogP contribution in [0.4, 0.5) is 11.4 Å². The van der Waals surface area contributed by atoms with Crippen LogP contribution in [0.1, 0.15) is 11.1 Å². The molecular weight excluding hydrogens is 266 g/mol. The van der Waals surface area contributed by atoms with Crippen LogP contribution in [0.15, 0.2) is 36.5 Å². The first-order chi connectivity index (χ1) is 9.06. The van der Waals surface area contributed by atoms with Gasteiger partial charge >= 0.3 is 0 Å². The molecule has 98 valence electrons. The van der Waals surface area contributed by atoms with Crippen LogP contribution >= 0.6 is 11.6 Å². The van der Waals surface area contributed by atoms with E-state index in [1.54, 1.807) is 12.3 Å². The number of nitrogens with zero attached hydrogens (tertiary/aromatic N) is 2. The third-order valence-corrected chi connectivity index (χ3v) is 2.88. The number of nitro groups is 1. The molecule has 0 atom stereocenters. The minimum atomic E-state index is -0.412.